The second-order valence-corrected chi connectivity index (χ2v) is 4.26. The van der Waals surface area contributed by atoms with Gasteiger partial charge in [-0.25, -0.2) is 4.98 Å². The van der Waals surface area contributed by atoms with Crippen LogP contribution in [0.4, 0.5) is 0 Å². The topological polar surface area (TPSA) is 22.1 Å². The minimum Gasteiger partial charge on any atom is -0.455 e. The maximum Gasteiger partial charge on any atom is 0.148 e. The minimum atomic E-state index is 0.483. The summed E-state index contributed by atoms with van der Waals surface area (Å²) in [4.78, 5) is 4.01. The zero-order chi connectivity index (χ0) is 12.3. The van der Waals surface area contributed by atoms with Crippen molar-refractivity contribution in [3.05, 3.63) is 52.8 Å². The van der Waals surface area contributed by atoms with Gasteiger partial charge in [0.05, 0.1) is 6.20 Å². The van der Waals surface area contributed by atoms with E-state index in [1.54, 1.807) is 12.3 Å². The van der Waals surface area contributed by atoms with Crippen LogP contribution in [-0.2, 0) is 6.42 Å². The van der Waals surface area contributed by atoms with Gasteiger partial charge in [0, 0.05) is 0 Å². The van der Waals surface area contributed by atoms with Crippen molar-refractivity contribution in [2.45, 2.75) is 20.3 Å². The third-order valence-corrected chi connectivity index (χ3v) is 2.80. The van der Waals surface area contributed by atoms with Crippen molar-refractivity contribution in [2.75, 3.05) is 0 Å². The molecule has 0 aliphatic heterocycles. The predicted molar refractivity (Wildman–Crippen MR) is 69.9 cm³/mol. The van der Waals surface area contributed by atoms with Gasteiger partial charge >= 0.3 is 0 Å². The summed E-state index contributed by atoms with van der Waals surface area (Å²) in [5, 5.41) is 0.483. The van der Waals surface area contributed by atoms with Gasteiger partial charge in [-0.1, -0.05) is 30.7 Å². The molecule has 1 aromatic carbocycles. The number of aromatic nitrogens is 1. The summed E-state index contributed by atoms with van der Waals surface area (Å²) in [5.74, 6) is 1.55. The Morgan fingerprint density at radius 2 is 1.94 bits per heavy atom. The second kappa shape index (κ2) is 5.19. The van der Waals surface area contributed by atoms with E-state index in [2.05, 4.69) is 24.0 Å². The number of nitrogens with zero attached hydrogens (tertiary/aromatic N) is 1. The van der Waals surface area contributed by atoms with Gasteiger partial charge < -0.3 is 4.74 Å². The molecule has 0 N–H and O–H groups in total. The van der Waals surface area contributed by atoms with Crippen LogP contribution in [0.2, 0.25) is 5.15 Å². The third-order valence-electron chi connectivity index (χ3n) is 2.59. The molecule has 1 heterocycles. The monoisotopic (exact) mass is 247 g/mol. The van der Waals surface area contributed by atoms with Crippen molar-refractivity contribution >= 4 is 11.6 Å². The van der Waals surface area contributed by atoms with Gasteiger partial charge in [-0.2, -0.15) is 0 Å². The molecule has 0 saturated heterocycles. The molecule has 17 heavy (non-hydrogen) atoms. The van der Waals surface area contributed by atoms with E-state index in [1.165, 1.54) is 5.56 Å². The number of hydrogen-bond acceptors (Lipinski definition) is 2. The van der Waals surface area contributed by atoms with Crippen molar-refractivity contribution in [3.8, 4) is 11.5 Å². The summed E-state index contributed by atoms with van der Waals surface area (Å²) in [6, 6.07) is 9.85. The van der Waals surface area contributed by atoms with E-state index in [0.29, 0.717) is 5.15 Å². The number of ether oxygens (including phenoxy) is 1. The Morgan fingerprint density at radius 3 is 2.53 bits per heavy atom. The number of hydrogen-bond donors (Lipinski definition) is 0. The highest BCUT2D eigenvalue weighted by molar-refractivity contribution is 6.29. The highest BCUT2D eigenvalue weighted by atomic mass is 35.5. The van der Waals surface area contributed by atoms with Crippen molar-refractivity contribution in [1.82, 2.24) is 4.98 Å². The van der Waals surface area contributed by atoms with Crippen molar-refractivity contribution in [1.29, 1.82) is 0 Å². The summed E-state index contributed by atoms with van der Waals surface area (Å²) in [6.07, 6.45) is 2.67. The van der Waals surface area contributed by atoms with Crippen LogP contribution in [0.1, 0.15) is 18.1 Å². The van der Waals surface area contributed by atoms with Crippen LogP contribution in [-0.4, -0.2) is 4.98 Å². The van der Waals surface area contributed by atoms with Gasteiger partial charge in [0.1, 0.15) is 16.7 Å². The van der Waals surface area contributed by atoms with Crippen LogP contribution in [0.3, 0.4) is 0 Å². The molecule has 2 rings (SSSR count). The summed E-state index contributed by atoms with van der Waals surface area (Å²) in [7, 11) is 0. The van der Waals surface area contributed by atoms with E-state index in [4.69, 9.17) is 16.3 Å². The number of rotatable bonds is 3. The fraction of sp³-hybridized carbons (Fsp3) is 0.214. The first-order chi connectivity index (χ1) is 8.19. The van der Waals surface area contributed by atoms with E-state index in [-0.39, 0.29) is 0 Å². The Hall–Kier alpha value is -1.54. The lowest BCUT2D eigenvalue weighted by Gasteiger charge is -2.08. The summed E-state index contributed by atoms with van der Waals surface area (Å²) in [6.45, 7) is 4.08. The summed E-state index contributed by atoms with van der Waals surface area (Å²) < 4.78 is 5.74. The molecule has 0 atom stereocenters. The average molecular weight is 248 g/mol. The van der Waals surface area contributed by atoms with E-state index in [1.807, 2.05) is 19.1 Å². The molecule has 2 nitrogen and oxygen atoms in total. The smallest absolute Gasteiger partial charge is 0.148 e. The molecule has 0 amide bonds. The van der Waals surface area contributed by atoms with Crippen LogP contribution >= 0.6 is 11.6 Å². The highest BCUT2D eigenvalue weighted by Gasteiger charge is 2.03. The van der Waals surface area contributed by atoms with Gasteiger partial charge in [0.2, 0.25) is 0 Å². The first kappa shape index (κ1) is 11.9. The quantitative estimate of drug-likeness (QED) is 0.750. The molecule has 0 aliphatic rings. The number of benzene rings is 1. The Labute approximate surface area is 106 Å². The maximum absolute atomic E-state index is 5.79. The van der Waals surface area contributed by atoms with E-state index < -0.39 is 0 Å². The Kier molecular flexibility index (Phi) is 3.64. The second-order valence-electron chi connectivity index (χ2n) is 3.87. The van der Waals surface area contributed by atoms with Crippen molar-refractivity contribution < 1.29 is 4.74 Å². The molecule has 0 aliphatic carbocycles. The third kappa shape index (κ3) is 2.98. The van der Waals surface area contributed by atoms with Gasteiger partial charge in [-0.05, 0) is 42.7 Å². The van der Waals surface area contributed by atoms with Crippen molar-refractivity contribution in [3.63, 3.8) is 0 Å². The van der Waals surface area contributed by atoms with E-state index in [9.17, 15) is 0 Å². The van der Waals surface area contributed by atoms with Crippen LogP contribution in [0, 0.1) is 6.92 Å². The molecule has 0 saturated carbocycles. The zero-order valence-corrected chi connectivity index (χ0v) is 10.7. The van der Waals surface area contributed by atoms with Gasteiger partial charge in [-0.3, -0.25) is 0 Å². The first-order valence-electron chi connectivity index (χ1n) is 5.58. The number of halogens is 1. The SMILES string of the molecule is CCc1ccc(Oc2cnc(Cl)cc2C)cc1. The lowest BCUT2D eigenvalue weighted by Crippen LogP contribution is -1.89. The fourth-order valence-electron chi connectivity index (χ4n) is 1.54. The minimum absolute atomic E-state index is 0.483. The molecule has 0 bridgehead atoms. The maximum atomic E-state index is 5.79. The van der Waals surface area contributed by atoms with E-state index in [0.717, 1.165) is 23.5 Å². The molecule has 0 fully saturated rings. The number of pyridine rings is 1. The Morgan fingerprint density at radius 1 is 1.24 bits per heavy atom. The first-order valence-corrected chi connectivity index (χ1v) is 5.96. The average Bonchev–Trinajstić information content (AvgIpc) is 2.34. The molecule has 2 aromatic rings. The van der Waals surface area contributed by atoms with Crippen LogP contribution in [0.25, 0.3) is 0 Å². The van der Waals surface area contributed by atoms with Crippen LogP contribution in [0.5, 0.6) is 11.5 Å². The lowest BCUT2D eigenvalue weighted by molar-refractivity contribution is 0.476. The fourth-order valence-corrected chi connectivity index (χ4v) is 1.75. The molecule has 88 valence electrons. The predicted octanol–water partition coefficient (Wildman–Crippen LogP) is 4.40. The normalized spacial score (nSPS) is 10.3. The highest BCUT2D eigenvalue weighted by Crippen LogP contribution is 2.25. The number of aryl methyl sites for hydroxylation is 2. The Bertz CT molecular complexity index is 508. The largest absolute Gasteiger partial charge is 0.455 e. The van der Waals surface area contributed by atoms with Gasteiger partial charge in [0.15, 0.2) is 0 Å². The van der Waals surface area contributed by atoms with Crippen LogP contribution in [0.15, 0.2) is 36.5 Å². The Balaban J connectivity index is 2.19. The van der Waals surface area contributed by atoms with Crippen LogP contribution < -0.4 is 4.74 Å². The molecule has 0 spiro atoms. The zero-order valence-electron chi connectivity index (χ0n) is 9.90. The molecule has 0 unspecified atom stereocenters. The van der Waals surface area contributed by atoms with Gasteiger partial charge in [-0.15, -0.1) is 0 Å². The molecular weight excluding hydrogens is 234 g/mol. The molecule has 1 aromatic heterocycles. The molecular formula is C14H14ClNO. The van der Waals surface area contributed by atoms with Gasteiger partial charge in [0.25, 0.3) is 0 Å². The standard InChI is InChI=1S/C14H14ClNO/c1-3-11-4-6-12(7-5-11)17-13-9-16-14(15)8-10(13)2/h4-9H,3H2,1-2H3. The lowest BCUT2D eigenvalue weighted by atomic mass is 10.2. The van der Waals surface area contributed by atoms with Crippen molar-refractivity contribution in [2.24, 2.45) is 0 Å². The molecule has 3 heteroatoms. The van der Waals surface area contributed by atoms with E-state index >= 15 is 0 Å². The summed E-state index contributed by atoms with van der Waals surface area (Å²) in [5.41, 5.74) is 2.27. The summed E-state index contributed by atoms with van der Waals surface area (Å²) >= 11 is 5.79. The molecule has 0 radical (unpaired) electrons.